The Labute approximate surface area is 374 Å². The average molecular weight is 874 g/mol. The Bertz CT molecular complexity index is 1390. The van der Waals surface area contributed by atoms with Crippen molar-refractivity contribution >= 4 is 5.91 Å². The van der Waals surface area contributed by atoms with Gasteiger partial charge in [0.2, 0.25) is 5.91 Å². The number of aliphatic hydroxyl groups excluding tert-OH is 6. The van der Waals surface area contributed by atoms with Crippen LogP contribution in [0.15, 0.2) is 36.7 Å². The van der Waals surface area contributed by atoms with Crippen molar-refractivity contribution in [2.45, 2.75) is 243 Å². The van der Waals surface area contributed by atoms with E-state index in [1.54, 1.807) is 10.9 Å². The molecule has 0 radical (unpaired) electrons. The van der Waals surface area contributed by atoms with Crippen molar-refractivity contribution < 1.29 is 44.9 Å². The lowest BCUT2D eigenvalue weighted by molar-refractivity contribution is -0.303. The number of rotatable bonds is 37. The highest BCUT2D eigenvalue weighted by molar-refractivity contribution is 5.76. The minimum atomic E-state index is -1.65. The number of carbonyl (C=O) groups excluding carboxylic acids is 1. The number of carbonyl (C=O) groups is 1. The summed E-state index contributed by atoms with van der Waals surface area (Å²) in [5.41, 5.74) is 2.99. The number of nitrogens with one attached hydrogen (secondary N) is 1. The van der Waals surface area contributed by atoms with Gasteiger partial charge in [-0.3, -0.25) is 9.48 Å². The Morgan fingerprint density at radius 3 is 1.79 bits per heavy atom. The molecule has 1 fully saturated rings. The lowest BCUT2D eigenvalue weighted by atomic mass is 9.99. The molecule has 0 saturated carbocycles. The van der Waals surface area contributed by atoms with E-state index in [4.69, 9.17) is 9.47 Å². The number of amides is 1. The predicted octanol–water partition coefficient (Wildman–Crippen LogP) is 8.29. The second kappa shape index (κ2) is 33.1. The molecule has 1 saturated heterocycles. The lowest BCUT2D eigenvalue weighted by Crippen LogP contribution is -2.60. The molecule has 0 bridgehead atoms. The fourth-order valence-electron chi connectivity index (χ4n) is 8.41. The molecule has 2 heterocycles. The zero-order valence-corrected chi connectivity index (χ0v) is 38.6. The molecule has 7 N–H and O–H groups in total. The zero-order valence-electron chi connectivity index (χ0n) is 38.6. The van der Waals surface area contributed by atoms with Gasteiger partial charge in [0.05, 0.1) is 25.5 Å². The van der Waals surface area contributed by atoms with Gasteiger partial charge in [-0.25, -0.2) is 0 Å². The Kier molecular flexibility index (Phi) is 28.8. The van der Waals surface area contributed by atoms with E-state index < -0.39 is 55.6 Å². The van der Waals surface area contributed by atoms with E-state index in [9.17, 15) is 35.4 Å². The SMILES string of the molecule is CCCCCCCCCCCCCCCCCCCCCCCC(=O)N[C@@H](CO[C@H]1O[C@H](CO)[C@H](O)[C@H](O)[C@H]1O)[C@H](O)[C@H](O)c1cnn(CCCCCCc2ccc(C)cc2)c1. The topological polar surface area (TPSA) is 187 Å². The Morgan fingerprint density at radius 1 is 0.726 bits per heavy atom. The number of ether oxygens (including phenoxy) is 2. The van der Waals surface area contributed by atoms with Gasteiger partial charge in [-0.2, -0.15) is 5.10 Å². The highest BCUT2D eigenvalue weighted by Crippen LogP contribution is 2.25. The number of aromatic nitrogens is 2. The van der Waals surface area contributed by atoms with Gasteiger partial charge in [-0.15, -0.1) is 0 Å². The monoisotopic (exact) mass is 874 g/mol. The summed E-state index contributed by atoms with van der Waals surface area (Å²) >= 11 is 0. The normalized spacial score (nSPS) is 20.6. The van der Waals surface area contributed by atoms with Gasteiger partial charge in [-0.05, 0) is 38.2 Å². The first-order valence-electron chi connectivity index (χ1n) is 24.8. The van der Waals surface area contributed by atoms with Gasteiger partial charge >= 0.3 is 0 Å². The van der Waals surface area contributed by atoms with Gasteiger partial charge in [0, 0.05) is 24.7 Å². The molecule has 12 nitrogen and oxygen atoms in total. The van der Waals surface area contributed by atoms with Crippen LogP contribution in [-0.4, -0.2) is 102 Å². The van der Waals surface area contributed by atoms with Crippen LogP contribution < -0.4 is 5.32 Å². The fourth-order valence-corrected chi connectivity index (χ4v) is 8.41. The van der Waals surface area contributed by atoms with Crippen molar-refractivity contribution in [3.8, 4) is 0 Å². The summed E-state index contributed by atoms with van der Waals surface area (Å²) in [5, 5.41) is 70.4. The van der Waals surface area contributed by atoms with E-state index in [1.165, 1.54) is 126 Å². The van der Waals surface area contributed by atoms with E-state index in [-0.39, 0.29) is 18.9 Å². The molecule has 62 heavy (non-hydrogen) atoms. The summed E-state index contributed by atoms with van der Waals surface area (Å²) in [5.74, 6) is -0.311. The standard InChI is InChI=1S/C50H87N3O9/c1-3-4-5-6-7-8-9-10-11-12-13-14-15-16-17-18-19-20-21-22-26-29-44(55)52-42(38-61-50-49(60)48(59)47(58)43(37-54)62-50)46(57)45(56)41-35-51-53(36-41)34-27-24-23-25-28-40-32-30-39(2)31-33-40/h30-33,35-36,42-43,45-50,54,56-60H,3-29,34,37-38H2,1-2H3,(H,52,55)/t42-,43+,45+,46-,47-,48-,49+,50-/m0/s1. The van der Waals surface area contributed by atoms with Crippen molar-refractivity contribution in [2.24, 2.45) is 0 Å². The molecule has 12 heteroatoms. The molecule has 0 spiro atoms. The van der Waals surface area contributed by atoms with Gasteiger partial charge in [0.1, 0.15) is 36.6 Å². The van der Waals surface area contributed by atoms with Crippen molar-refractivity contribution in [1.29, 1.82) is 0 Å². The predicted molar refractivity (Wildman–Crippen MR) is 245 cm³/mol. The molecular formula is C50H87N3O9. The molecule has 0 aliphatic carbocycles. The van der Waals surface area contributed by atoms with E-state index in [0.29, 0.717) is 18.5 Å². The second-order valence-electron chi connectivity index (χ2n) is 18.1. The third kappa shape index (κ3) is 22.0. The maximum atomic E-state index is 13.2. The van der Waals surface area contributed by atoms with Crippen molar-refractivity contribution in [1.82, 2.24) is 15.1 Å². The minimum Gasteiger partial charge on any atom is -0.394 e. The smallest absolute Gasteiger partial charge is 0.220 e. The Hall–Kier alpha value is -2.42. The van der Waals surface area contributed by atoms with Crippen LogP contribution in [0.5, 0.6) is 0 Å². The van der Waals surface area contributed by atoms with Gasteiger partial charge in [0.25, 0.3) is 0 Å². The zero-order chi connectivity index (χ0) is 44.8. The van der Waals surface area contributed by atoms with Crippen LogP contribution in [0.1, 0.15) is 197 Å². The molecule has 2 aromatic rings. The van der Waals surface area contributed by atoms with E-state index in [0.717, 1.165) is 51.4 Å². The first-order valence-corrected chi connectivity index (χ1v) is 24.8. The van der Waals surface area contributed by atoms with Crippen LogP contribution in [0.4, 0.5) is 0 Å². The molecular weight excluding hydrogens is 787 g/mol. The molecule has 1 amide bonds. The van der Waals surface area contributed by atoms with Crippen LogP contribution in [0.3, 0.4) is 0 Å². The number of aliphatic hydroxyl groups is 6. The second-order valence-corrected chi connectivity index (χ2v) is 18.1. The highest BCUT2D eigenvalue weighted by atomic mass is 16.7. The van der Waals surface area contributed by atoms with Gasteiger partial charge in [0.15, 0.2) is 6.29 Å². The summed E-state index contributed by atoms with van der Waals surface area (Å²) in [6, 6.07) is 7.54. The number of hydrogen-bond donors (Lipinski definition) is 7. The third-order valence-electron chi connectivity index (χ3n) is 12.6. The first-order chi connectivity index (χ1) is 30.1. The fraction of sp³-hybridized carbons (Fsp3) is 0.800. The number of hydrogen-bond acceptors (Lipinski definition) is 10. The van der Waals surface area contributed by atoms with Gasteiger partial charge < -0.3 is 45.4 Å². The summed E-state index contributed by atoms with van der Waals surface area (Å²) in [4.78, 5) is 13.2. The van der Waals surface area contributed by atoms with Crippen LogP contribution in [0, 0.1) is 6.92 Å². The maximum absolute atomic E-state index is 13.2. The van der Waals surface area contributed by atoms with Crippen molar-refractivity contribution in [3.05, 3.63) is 53.3 Å². The summed E-state index contributed by atoms with van der Waals surface area (Å²) in [6.45, 7) is 4.02. The molecule has 1 aliphatic rings. The molecule has 1 aromatic heterocycles. The largest absolute Gasteiger partial charge is 0.394 e. The van der Waals surface area contributed by atoms with Crippen LogP contribution in [0.2, 0.25) is 0 Å². The molecule has 1 aromatic carbocycles. The van der Waals surface area contributed by atoms with Crippen molar-refractivity contribution in [3.63, 3.8) is 0 Å². The molecule has 1 aliphatic heterocycles. The quantitative estimate of drug-likeness (QED) is 0.0326. The first kappa shape index (κ1) is 53.9. The van der Waals surface area contributed by atoms with Crippen LogP contribution in [-0.2, 0) is 27.2 Å². The van der Waals surface area contributed by atoms with Crippen LogP contribution >= 0.6 is 0 Å². The average Bonchev–Trinajstić information content (AvgIpc) is 3.75. The Balaban J connectivity index is 1.34. The molecule has 8 atom stereocenters. The summed E-state index contributed by atoms with van der Waals surface area (Å²) in [6.07, 6.45) is 25.1. The number of nitrogens with zero attached hydrogens (tertiary/aromatic N) is 2. The molecule has 3 rings (SSSR count). The Morgan fingerprint density at radius 2 is 1.24 bits per heavy atom. The number of unbranched alkanes of at least 4 members (excludes halogenated alkanes) is 23. The maximum Gasteiger partial charge on any atom is 0.220 e. The summed E-state index contributed by atoms with van der Waals surface area (Å²) in [7, 11) is 0. The number of aryl methyl sites for hydroxylation is 3. The summed E-state index contributed by atoms with van der Waals surface area (Å²) < 4.78 is 12.9. The highest BCUT2D eigenvalue weighted by Gasteiger charge is 2.44. The van der Waals surface area contributed by atoms with Gasteiger partial charge in [-0.1, -0.05) is 178 Å². The molecule has 356 valence electrons. The van der Waals surface area contributed by atoms with E-state index in [1.807, 2.05) is 0 Å². The van der Waals surface area contributed by atoms with Crippen LogP contribution in [0.25, 0.3) is 0 Å². The van der Waals surface area contributed by atoms with E-state index >= 15 is 0 Å². The minimum absolute atomic E-state index is 0.237. The lowest BCUT2D eigenvalue weighted by Gasteiger charge is -2.40. The molecule has 0 unspecified atom stereocenters. The third-order valence-corrected chi connectivity index (χ3v) is 12.6. The number of benzene rings is 1. The van der Waals surface area contributed by atoms with E-state index in [2.05, 4.69) is 48.5 Å². The van der Waals surface area contributed by atoms with Crippen molar-refractivity contribution in [2.75, 3.05) is 13.2 Å².